The number of terminal acetylenes is 1. The zero-order valence-electron chi connectivity index (χ0n) is 19.0. The van der Waals surface area contributed by atoms with Gasteiger partial charge in [-0.05, 0) is 115 Å². The molecule has 1 heterocycles. The van der Waals surface area contributed by atoms with Crippen molar-refractivity contribution in [2.45, 2.75) is 39.5 Å². The van der Waals surface area contributed by atoms with E-state index in [9.17, 15) is 0 Å². The number of aliphatic imine (C=N–C) groups is 1. The summed E-state index contributed by atoms with van der Waals surface area (Å²) < 4.78 is 0. The number of rotatable bonds is 9. The Morgan fingerprint density at radius 2 is 1.25 bits per heavy atom. The van der Waals surface area contributed by atoms with Crippen molar-refractivity contribution in [2.75, 3.05) is 39.3 Å². The Labute approximate surface area is 194 Å². The third kappa shape index (κ3) is 13.2. The van der Waals surface area contributed by atoms with Crippen molar-refractivity contribution in [2.24, 2.45) is 4.99 Å². The summed E-state index contributed by atoms with van der Waals surface area (Å²) in [5, 5.41) is 0. The lowest BCUT2D eigenvalue weighted by molar-refractivity contribution is 0.244. The lowest BCUT2D eigenvalue weighted by Gasteiger charge is -2.25. The van der Waals surface area contributed by atoms with Crippen LogP contribution in [-0.2, 0) is 0 Å². The topological polar surface area (TPSA) is 18.8 Å². The molecule has 0 N–H and O–H groups in total. The summed E-state index contributed by atoms with van der Waals surface area (Å²) in [5.41, 5.74) is 0. The van der Waals surface area contributed by atoms with E-state index >= 15 is 0 Å². The van der Waals surface area contributed by atoms with Gasteiger partial charge in [0.25, 0.3) is 0 Å². The molecule has 0 atom stereocenters. The molecule has 1 rings (SSSR count). The molecular weight excluding hydrogens is 390 g/mol. The highest BCUT2D eigenvalue weighted by molar-refractivity contribution is 6.00. The van der Waals surface area contributed by atoms with Gasteiger partial charge in [0.15, 0.2) is 5.84 Å². The molecule has 0 spiro atoms. The number of unbranched alkanes of at least 4 members (excludes halogenated alkanes) is 2. The van der Waals surface area contributed by atoms with Crippen LogP contribution in [0.1, 0.15) is 39.5 Å². The van der Waals surface area contributed by atoms with Crippen molar-refractivity contribution in [3.63, 3.8) is 0 Å². The summed E-state index contributed by atoms with van der Waals surface area (Å²) in [4.78, 5) is 9.30. The zero-order valence-corrected chi connectivity index (χ0v) is 19.0. The molecule has 0 aromatic heterocycles. The molecule has 0 aromatic carbocycles. The minimum absolute atomic E-state index is 0.790. The van der Waals surface area contributed by atoms with Crippen LogP contribution in [0.4, 0.5) is 0 Å². The monoisotopic (exact) mass is 417 g/mol. The lowest BCUT2D eigenvalue weighted by Crippen LogP contribution is -2.37. The summed E-state index contributed by atoms with van der Waals surface area (Å²) in [6, 6.07) is 0. The normalized spacial score (nSPS) is 10.2. The van der Waals surface area contributed by atoms with Crippen molar-refractivity contribution in [3.05, 3.63) is 0 Å². The Balaban J connectivity index is 2.51. The van der Waals surface area contributed by atoms with Gasteiger partial charge in [-0.3, -0.25) is 4.99 Å². The summed E-state index contributed by atoms with van der Waals surface area (Å²) in [7, 11) is 0. The van der Waals surface area contributed by atoms with Gasteiger partial charge >= 0.3 is 0 Å². The van der Waals surface area contributed by atoms with Crippen LogP contribution in [0.3, 0.4) is 0 Å². The van der Waals surface area contributed by atoms with Gasteiger partial charge in [0.2, 0.25) is 0 Å². The second-order valence-electron chi connectivity index (χ2n) is 6.64. The first kappa shape index (κ1) is 25.9. The molecule has 0 fully saturated rings. The smallest absolute Gasteiger partial charge is 0.177 e. The SMILES string of the molecule is C#CC#CC#CC#CC#CC#CC#CC#CC1=NCCN1CCN(CCCC)CCCC. The van der Waals surface area contributed by atoms with Crippen LogP contribution in [-0.4, -0.2) is 54.9 Å². The second-order valence-corrected chi connectivity index (χ2v) is 6.64. The average molecular weight is 418 g/mol. The fourth-order valence-electron chi connectivity index (χ4n) is 2.65. The van der Waals surface area contributed by atoms with Crippen LogP contribution in [0.2, 0.25) is 0 Å². The van der Waals surface area contributed by atoms with Gasteiger partial charge in [0.05, 0.1) is 6.54 Å². The average Bonchev–Trinajstić information content (AvgIpc) is 3.26. The fraction of sp³-hybridized carbons (Fsp3) is 0.414. The highest BCUT2D eigenvalue weighted by Crippen LogP contribution is 2.04. The molecule has 0 radical (unpaired) electrons. The number of amidine groups is 1. The van der Waals surface area contributed by atoms with Crippen molar-refractivity contribution in [1.82, 2.24) is 9.80 Å². The van der Waals surface area contributed by atoms with Gasteiger partial charge in [-0.1, -0.05) is 26.7 Å². The molecule has 3 nitrogen and oxygen atoms in total. The third-order valence-electron chi connectivity index (χ3n) is 4.27. The maximum Gasteiger partial charge on any atom is 0.177 e. The largest absolute Gasteiger partial charge is 0.347 e. The Morgan fingerprint density at radius 1 is 0.750 bits per heavy atom. The Morgan fingerprint density at radius 3 is 1.75 bits per heavy atom. The van der Waals surface area contributed by atoms with Crippen LogP contribution in [0.25, 0.3) is 0 Å². The van der Waals surface area contributed by atoms with Crippen LogP contribution < -0.4 is 0 Å². The van der Waals surface area contributed by atoms with Gasteiger partial charge in [0, 0.05) is 19.6 Å². The fourth-order valence-corrected chi connectivity index (χ4v) is 2.65. The van der Waals surface area contributed by atoms with E-state index in [0.717, 1.165) is 45.1 Å². The molecule has 0 saturated carbocycles. The van der Waals surface area contributed by atoms with Gasteiger partial charge < -0.3 is 9.80 Å². The number of nitrogens with zero attached hydrogens (tertiary/aromatic N) is 3. The molecule has 1 aliphatic rings. The molecule has 0 aliphatic carbocycles. The maximum absolute atomic E-state index is 4.96. The number of hydrogen-bond donors (Lipinski definition) is 0. The molecule has 0 amide bonds. The zero-order chi connectivity index (χ0) is 23.1. The van der Waals surface area contributed by atoms with E-state index in [1.807, 2.05) is 0 Å². The summed E-state index contributed by atoms with van der Waals surface area (Å²) in [6.07, 6.45) is 9.90. The standard InChI is InChI=1S/C29H27N3/c1-4-7-10-11-12-13-14-15-16-17-18-19-20-21-22-29-30-23-26-32(29)28-27-31(24-8-5-2)25-9-6-3/h1H,5-6,8-9,23-28H2,2-3H3. The first-order chi connectivity index (χ1) is 15.8. The summed E-state index contributed by atoms with van der Waals surface area (Å²) in [5.74, 6) is 39.5. The van der Waals surface area contributed by atoms with Crippen molar-refractivity contribution in [3.8, 4) is 95.2 Å². The van der Waals surface area contributed by atoms with E-state index in [0.29, 0.717) is 0 Å². The van der Waals surface area contributed by atoms with Gasteiger partial charge in [-0.25, -0.2) is 0 Å². The summed E-state index contributed by atoms with van der Waals surface area (Å²) in [6.45, 7) is 10.5. The van der Waals surface area contributed by atoms with E-state index in [-0.39, 0.29) is 0 Å². The molecule has 158 valence electrons. The van der Waals surface area contributed by atoms with Crippen molar-refractivity contribution < 1.29 is 0 Å². The van der Waals surface area contributed by atoms with Crippen molar-refractivity contribution in [1.29, 1.82) is 0 Å². The highest BCUT2D eigenvalue weighted by Gasteiger charge is 2.15. The predicted octanol–water partition coefficient (Wildman–Crippen LogP) is 2.26. The van der Waals surface area contributed by atoms with E-state index in [1.54, 1.807) is 0 Å². The van der Waals surface area contributed by atoms with E-state index in [2.05, 4.69) is 117 Å². The first-order valence-electron chi connectivity index (χ1n) is 10.8. The molecule has 0 aromatic rings. The Bertz CT molecular complexity index is 1110. The van der Waals surface area contributed by atoms with E-state index in [1.165, 1.54) is 25.7 Å². The molecule has 1 aliphatic heterocycles. The van der Waals surface area contributed by atoms with Gasteiger partial charge in [-0.2, -0.15) is 0 Å². The maximum atomic E-state index is 4.96. The summed E-state index contributed by atoms with van der Waals surface area (Å²) >= 11 is 0. The van der Waals surface area contributed by atoms with Crippen LogP contribution in [0.5, 0.6) is 0 Å². The Hall–Kier alpha value is -4.09. The first-order valence-corrected chi connectivity index (χ1v) is 10.8. The molecular formula is C29H27N3. The van der Waals surface area contributed by atoms with E-state index in [4.69, 9.17) is 6.42 Å². The van der Waals surface area contributed by atoms with Crippen LogP contribution in [0, 0.1) is 95.2 Å². The van der Waals surface area contributed by atoms with Crippen LogP contribution >= 0.6 is 0 Å². The molecule has 0 saturated heterocycles. The van der Waals surface area contributed by atoms with E-state index < -0.39 is 0 Å². The molecule has 0 bridgehead atoms. The number of hydrogen-bond acceptors (Lipinski definition) is 3. The quantitative estimate of drug-likeness (QED) is 0.536. The lowest BCUT2D eigenvalue weighted by atomic mass is 10.2. The minimum atomic E-state index is 0.790. The van der Waals surface area contributed by atoms with Gasteiger partial charge in [-0.15, -0.1) is 6.42 Å². The minimum Gasteiger partial charge on any atom is -0.347 e. The second kappa shape index (κ2) is 18.9. The molecule has 0 unspecified atom stereocenters. The Kier molecular flexibility index (Phi) is 15.3. The van der Waals surface area contributed by atoms with Gasteiger partial charge in [0.1, 0.15) is 0 Å². The molecule has 32 heavy (non-hydrogen) atoms. The predicted molar refractivity (Wildman–Crippen MR) is 133 cm³/mol. The highest BCUT2D eigenvalue weighted by atomic mass is 15.3. The van der Waals surface area contributed by atoms with Crippen molar-refractivity contribution >= 4 is 5.84 Å². The molecule has 3 heteroatoms. The third-order valence-corrected chi connectivity index (χ3v) is 4.27. The van der Waals surface area contributed by atoms with Crippen LogP contribution in [0.15, 0.2) is 4.99 Å².